The lowest BCUT2D eigenvalue weighted by atomic mass is 10.1. The number of nitrogens with two attached hydrogens (primary N) is 1. The van der Waals surface area contributed by atoms with Crippen LogP contribution >= 0.6 is 0 Å². The average Bonchev–Trinajstić information content (AvgIpc) is 2.26. The molecule has 0 aromatic heterocycles. The lowest BCUT2D eigenvalue weighted by molar-refractivity contribution is 0.0182. The summed E-state index contributed by atoms with van der Waals surface area (Å²) in [6.45, 7) is 2.09. The highest BCUT2D eigenvalue weighted by Gasteiger charge is 2.08. The van der Waals surface area contributed by atoms with Crippen LogP contribution in [0.1, 0.15) is 19.8 Å². The Morgan fingerprint density at radius 1 is 1.56 bits per heavy atom. The van der Waals surface area contributed by atoms with Crippen LogP contribution in [0.4, 0.5) is 8.78 Å². The summed E-state index contributed by atoms with van der Waals surface area (Å²) in [6.07, 6.45) is -1.22. The van der Waals surface area contributed by atoms with Gasteiger partial charge in [-0.2, -0.15) is 0 Å². The van der Waals surface area contributed by atoms with Gasteiger partial charge in [0, 0.05) is 19.0 Å². The van der Waals surface area contributed by atoms with Gasteiger partial charge in [0.15, 0.2) is 0 Å². The van der Waals surface area contributed by atoms with E-state index in [0.717, 1.165) is 6.42 Å². The second-order valence-corrected chi connectivity index (χ2v) is 3.32. The fourth-order valence-corrected chi connectivity index (χ4v) is 1.16. The third-order valence-electron chi connectivity index (χ3n) is 2.00. The van der Waals surface area contributed by atoms with Crippen molar-refractivity contribution in [1.82, 2.24) is 5.32 Å². The van der Waals surface area contributed by atoms with Gasteiger partial charge in [0.25, 0.3) is 6.43 Å². The van der Waals surface area contributed by atoms with E-state index in [9.17, 15) is 8.78 Å². The van der Waals surface area contributed by atoms with Gasteiger partial charge in [-0.05, 0) is 6.42 Å². The SMILES string of the molecule is CCC(CC(N)=NO)NCCOCC(F)F. The van der Waals surface area contributed by atoms with E-state index in [1.165, 1.54) is 0 Å². The van der Waals surface area contributed by atoms with Gasteiger partial charge in [-0.25, -0.2) is 8.78 Å². The summed E-state index contributed by atoms with van der Waals surface area (Å²) in [7, 11) is 0. The molecule has 0 rings (SSSR count). The molecular weight excluding hydrogens is 220 g/mol. The van der Waals surface area contributed by atoms with Gasteiger partial charge in [0.05, 0.1) is 6.61 Å². The topological polar surface area (TPSA) is 79.9 Å². The average molecular weight is 239 g/mol. The molecule has 0 saturated carbocycles. The zero-order valence-electron chi connectivity index (χ0n) is 9.33. The lowest BCUT2D eigenvalue weighted by Gasteiger charge is -2.15. The van der Waals surface area contributed by atoms with Gasteiger partial charge in [-0.15, -0.1) is 0 Å². The molecule has 0 radical (unpaired) electrons. The maximum atomic E-state index is 11.7. The monoisotopic (exact) mass is 239 g/mol. The lowest BCUT2D eigenvalue weighted by Crippen LogP contribution is -2.35. The molecule has 5 nitrogen and oxygen atoms in total. The zero-order chi connectivity index (χ0) is 12.4. The number of hydrogen-bond acceptors (Lipinski definition) is 4. The maximum absolute atomic E-state index is 11.7. The molecule has 4 N–H and O–H groups in total. The minimum atomic E-state index is -2.43. The van der Waals surface area contributed by atoms with Crippen molar-refractivity contribution in [2.45, 2.75) is 32.2 Å². The predicted molar refractivity (Wildman–Crippen MR) is 56.9 cm³/mol. The minimum absolute atomic E-state index is 0.0612. The molecule has 16 heavy (non-hydrogen) atoms. The molecule has 0 fully saturated rings. The molecule has 0 aliphatic heterocycles. The van der Waals surface area contributed by atoms with Crippen LogP contribution in [0.5, 0.6) is 0 Å². The summed E-state index contributed by atoms with van der Waals surface area (Å²) in [5, 5.41) is 14.3. The molecular formula is C9H19F2N3O2. The second-order valence-electron chi connectivity index (χ2n) is 3.32. The van der Waals surface area contributed by atoms with Gasteiger partial charge in [-0.1, -0.05) is 12.1 Å². The van der Waals surface area contributed by atoms with E-state index in [1.807, 2.05) is 6.92 Å². The van der Waals surface area contributed by atoms with E-state index in [-0.39, 0.29) is 18.5 Å². The summed E-state index contributed by atoms with van der Waals surface area (Å²) >= 11 is 0. The van der Waals surface area contributed by atoms with E-state index in [0.29, 0.717) is 13.0 Å². The summed E-state index contributed by atoms with van der Waals surface area (Å²) in [5.41, 5.74) is 5.35. The first kappa shape index (κ1) is 15.0. The molecule has 0 spiro atoms. The molecule has 0 aliphatic rings. The van der Waals surface area contributed by atoms with Crippen LogP contribution in [-0.4, -0.2) is 43.3 Å². The number of nitrogens with one attached hydrogen (secondary N) is 1. The largest absolute Gasteiger partial charge is 0.409 e. The van der Waals surface area contributed by atoms with Crippen molar-refractivity contribution in [3.63, 3.8) is 0 Å². The molecule has 0 aromatic rings. The van der Waals surface area contributed by atoms with Crippen molar-refractivity contribution in [3.8, 4) is 0 Å². The number of halogens is 2. The van der Waals surface area contributed by atoms with Crippen molar-refractivity contribution >= 4 is 5.84 Å². The molecule has 0 bridgehead atoms. The van der Waals surface area contributed by atoms with Gasteiger partial charge in [0.2, 0.25) is 0 Å². The smallest absolute Gasteiger partial charge is 0.261 e. The van der Waals surface area contributed by atoms with E-state index in [2.05, 4.69) is 10.5 Å². The van der Waals surface area contributed by atoms with Crippen LogP contribution in [0.3, 0.4) is 0 Å². The van der Waals surface area contributed by atoms with Crippen LogP contribution < -0.4 is 11.1 Å². The zero-order valence-corrected chi connectivity index (χ0v) is 9.33. The first-order valence-corrected chi connectivity index (χ1v) is 5.15. The Morgan fingerprint density at radius 3 is 2.75 bits per heavy atom. The van der Waals surface area contributed by atoms with Crippen molar-refractivity contribution in [2.24, 2.45) is 10.9 Å². The Kier molecular flexibility index (Phi) is 8.74. The summed E-state index contributed by atoms with van der Waals surface area (Å²) in [5.74, 6) is 0.146. The van der Waals surface area contributed by atoms with Gasteiger partial charge >= 0.3 is 0 Å². The number of oxime groups is 1. The van der Waals surface area contributed by atoms with Crippen molar-refractivity contribution < 1.29 is 18.7 Å². The Balaban J connectivity index is 3.55. The minimum Gasteiger partial charge on any atom is -0.409 e. The van der Waals surface area contributed by atoms with E-state index in [1.54, 1.807) is 0 Å². The van der Waals surface area contributed by atoms with E-state index >= 15 is 0 Å². The highest BCUT2D eigenvalue weighted by molar-refractivity contribution is 5.80. The standard InChI is InChI=1S/C9H19F2N3O2/c1-2-7(5-9(12)14-15)13-3-4-16-6-8(10)11/h7-8,13,15H,2-6H2,1H3,(H2,12,14). The molecule has 1 unspecified atom stereocenters. The van der Waals surface area contributed by atoms with Crippen LogP contribution in [-0.2, 0) is 4.74 Å². The molecule has 0 aromatic carbocycles. The van der Waals surface area contributed by atoms with Gasteiger partial charge < -0.3 is 21.0 Å². The fourth-order valence-electron chi connectivity index (χ4n) is 1.16. The number of nitrogens with zero attached hydrogens (tertiary/aromatic N) is 1. The Labute approximate surface area is 93.6 Å². The summed E-state index contributed by atoms with van der Waals surface area (Å²) < 4.78 is 28.1. The Hall–Kier alpha value is -0.950. The van der Waals surface area contributed by atoms with Crippen LogP contribution in [0.15, 0.2) is 5.16 Å². The number of amidine groups is 1. The number of alkyl halides is 2. The highest BCUT2D eigenvalue weighted by atomic mass is 19.3. The highest BCUT2D eigenvalue weighted by Crippen LogP contribution is 1.97. The van der Waals surface area contributed by atoms with Crippen molar-refractivity contribution in [1.29, 1.82) is 0 Å². The van der Waals surface area contributed by atoms with E-state index in [4.69, 9.17) is 15.7 Å². The van der Waals surface area contributed by atoms with Crippen LogP contribution in [0, 0.1) is 0 Å². The van der Waals surface area contributed by atoms with Crippen LogP contribution in [0.2, 0.25) is 0 Å². The molecule has 0 heterocycles. The fraction of sp³-hybridized carbons (Fsp3) is 0.889. The van der Waals surface area contributed by atoms with Crippen molar-refractivity contribution in [3.05, 3.63) is 0 Å². The molecule has 0 saturated heterocycles. The Bertz CT molecular complexity index is 203. The quantitative estimate of drug-likeness (QED) is 0.182. The molecule has 1 atom stereocenters. The third-order valence-corrected chi connectivity index (χ3v) is 2.00. The first-order valence-electron chi connectivity index (χ1n) is 5.15. The third kappa shape index (κ3) is 8.37. The predicted octanol–water partition coefficient (Wildman–Crippen LogP) is 0.773. The number of rotatable bonds is 9. The van der Waals surface area contributed by atoms with Crippen molar-refractivity contribution in [2.75, 3.05) is 19.8 Å². The molecule has 0 aliphatic carbocycles. The number of hydrogen-bond donors (Lipinski definition) is 3. The normalized spacial score (nSPS) is 14.4. The number of ether oxygens (including phenoxy) is 1. The molecule has 0 amide bonds. The van der Waals surface area contributed by atoms with Gasteiger partial charge in [-0.3, -0.25) is 0 Å². The summed E-state index contributed by atoms with van der Waals surface area (Å²) in [4.78, 5) is 0. The second kappa shape index (κ2) is 9.29. The summed E-state index contributed by atoms with van der Waals surface area (Å²) in [6, 6.07) is 0.0612. The maximum Gasteiger partial charge on any atom is 0.261 e. The first-order chi connectivity index (χ1) is 7.60. The molecule has 96 valence electrons. The van der Waals surface area contributed by atoms with E-state index < -0.39 is 13.0 Å². The molecule has 7 heteroatoms. The van der Waals surface area contributed by atoms with Crippen LogP contribution in [0.25, 0.3) is 0 Å². The van der Waals surface area contributed by atoms with Gasteiger partial charge in [0.1, 0.15) is 12.4 Å². The Morgan fingerprint density at radius 2 is 2.25 bits per heavy atom.